The Morgan fingerprint density at radius 1 is 1.29 bits per heavy atom. The first-order valence-corrected chi connectivity index (χ1v) is 6.92. The Balaban J connectivity index is 2.38. The van der Waals surface area contributed by atoms with Gasteiger partial charge in [0.1, 0.15) is 0 Å². The van der Waals surface area contributed by atoms with Crippen molar-refractivity contribution < 1.29 is 5.11 Å². The molecule has 0 aromatic rings. The molecule has 3 heteroatoms. The highest BCUT2D eigenvalue weighted by Gasteiger charge is 2.29. The molecule has 0 bridgehead atoms. The summed E-state index contributed by atoms with van der Waals surface area (Å²) < 4.78 is 0. The summed E-state index contributed by atoms with van der Waals surface area (Å²) in [5.74, 6) is 1.53. The van der Waals surface area contributed by atoms with Crippen molar-refractivity contribution in [1.29, 1.82) is 0 Å². The van der Waals surface area contributed by atoms with Crippen LogP contribution in [-0.2, 0) is 0 Å². The first-order valence-electron chi connectivity index (χ1n) is 6.92. The van der Waals surface area contributed by atoms with Crippen LogP contribution in [0.1, 0.15) is 40.0 Å². The summed E-state index contributed by atoms with van der Waals surface area (Å²) >= 11 is 0. The second-order valence-corrected chi connectivity index (χ2v) is 6.49. The smallest absolute Gasteiger partial charge is 0.0869 e. The van der Waals surface area contributed by atoms with Crippen molar-refractivity contribution in [2.75, 3.05) is 27.2 Å². The number of nitrogens with one attached hydrogen (secondary N) is 1. The lowest BCUT2D eigenvalue weighted by Crippen LogP contribution is -2.51. The molecule has 0 spiro atoms. The van der Waals surface area contributed by atoms with Crippen LogP contribution in [0.4, 0.5) is 0 Å². The molecule has 0 aromatic heterocycles. The molecule has 1 aliphatic rings. The molecular formula is C14H30N2O. The van der Waals surface area contributed by atoms with E-state index in [9.17, 15) is 5.11 Å². The number of nitrogens with zero attached hydrogens (tertiary/aromatic N) is 1. The normalized spacial score (nSPS) is 33.7. The maximum absolute atomic E-state index is 10.3. The highest BCUT2D eigenvalue weighted by molar-refractivity contribution is 4.86. The number of rotatable bonds is 5. The van der Waals surface area contributed by atoms with E-state index in [1.165, 1.54) is 19.3 Å². The average Bonchev–Trinajstić information content (AvgIpc) is 2.18. The second-order valence-electron chi connectivity index (χ2n) is 6.49. The van der Waals surface area contributed by atoms with E-state index in [2.05, 4.69) is 19.2 Å². The molecule has 1 saturated carbocycles. The van der Waals surface area contributed by atoms with Crippen LogP contribution in [0.2, 0.25) is 0 Å². The summed E-state index contributed by atoms with van der Waals surface area (Å²) in [6.07, 6.45) is 3.93. The van der Waals surface area contributed by atoms with Gasteiger partial charge >= 0.3 is 0 Å². The average molecular weight is 242 g/mol. The van der Waals surface area contributed by atoms with Crippen molar-refractivity contribution in [2.45, 2.75) is 51.7 Å². The zero-order chi connectivity index (χ0) is 13.1. The Morgan fingerprint density at radius 3 is 2.53 bits per heavy atom. The van der Waals surface area contributed by atoms with Gasteiger partial charge in [-0.05, 0) is 39.3 Å². The van der Waals surface area contributed by atoms with Crippen LogP contribution in [0.5, 0.6) is 0 Å². The Morgan fingerprint density at radius 2 is 1.94 bits per heavy atom. The molecule has 1 rings (SSSR count). The van der Waals surface area contributed by atoms with Gasteiger partial charge in [0.2, 0.25) is 0 Å². The molecule has 102 valence electrons. The highest BCUT2D eigenvalue weighted by atomic mass is 16.3. The van der Waals surface area contributed by atoms with Crippen molar-refractivity contribution in [1.82, 2.24) is 10.2 Å². The fourth-order valence-corrected chi connectivity index (χ4v) is 2.96. The third kappa shape index (κ3) is 4.94. The van der Waals surface area contributed by atoms with Gasteiger partial charge in [-0.2, -0.15) is 0 Å². The maximum atomic E-state index is 10.3. The van der Waals surface area contributed by atoms with Crippen molar-refractivity contribution in [2.24, 2.45) is 11.8 Å². The minimum Gasteiger partial charge on any atom is -0.388 e. The number of likely N-dealkylation sites (N-methyl/N-ethyl adjacent to an activating group) is 1. The monoisotopic (exact) mass is 242 g/mol. The molecule has 0 aromatic carbocycles. The van der Waals surface area contributed by atoms with Gasteiger partial charge in [-0.25, -0.2) is 0 Å². The fourth-order valence-electron chi connectivity index (χ4n) is 2.96. The number of aliphatic hydroxyl groups is 1. The van der Waals surface area contributed by atoms with E-state index in [1.54, 1.807) is 0 Å². The van der Waals surface area contributed by atoms with Crippen molar-refractivity contribution in [3.63, 3.8) is 0 Å². The summed E-state index contributed by atoms with van der Waals surface area (Å²) in [5.41, 5.74) is -0.635. The predicted octanol–water partition coefficient (Wildman–Crippen LogP) is 1.71. The maximum Gasteiger partial charge on any atom is 0.0869 e. The highest BCUT2D eigenvalue weighted by Crippen LogP contribution is 2.29. The topological polar surface area (TPSA) is 35.5 Å². The zero-order valence-electron chi connectivity index (χ0n) is 12.2. The molecule has 0 amide bonds. The minimum absolute atomic E-state index is 0.576. The first-order chi connectivity index (χ1) is 7.82. The molecule has 0 saturated heterocycles. The van der Waals surface area contributed by atoms with Gasteiger partial charge in [-0.3, -0.25) is 0 Å². The van der Waals surface area contributed by atoms with Crippen molar-refractivity contribution in [3.05, 3.63) is 0 Å². The van der Waals surface area contributed by atoms with Gasteiger partial charge in [0.05, 0.1) is 5.60 Å². The van der Waals surface area contributed by atoms with Crippen LogP contribution in [-0.4, -0.2) is 48.8 Å². The Bertz CT molecular complexity index is 228. The molecule has 0 radical (unpaired) electrons. The van der Waals surface area contributed by atoms with E-state index in [4.69, 9.17) is 0 Å². The third-order valence-corrected chi connectivity index (χ3v) is 4.11. The molecule has 1 aliphatic carbocycles. The Kier molecular flexibility index (Phi) is 5.42. The lowest BCUT2D eigenvalue weighted by atomic mass is 9.78. The molecular weight excluding hydrogens is 212 g/mol. The van der Waals surface area contributed by atoms with Gasteiger partial charge in [-0.15, -0.1) is 0 Å². The summed E-state index contributed by atoms with van der Waals surface area (Å²) in [6, 6.07) is 0.576. The molecule has 4 atom stereocenters. The van der Waals surface area contributed by atoms with E-state index in [0.717, 1.165) is 11.8 Å². The van der Waals surface area contributed by atoms with Crippen LogP contribution in [0.3, 0.4) is 0 Å². The lowest BCUT2D eigenvalue weighted by molar-refractivity contribution is 0.0264. The van der Waals surface area contributed by atoms with Crippen LogP contribution in [0.15, 0.2) is 0 Å². The van der Waals surface area contributed by atoms with Gasteiger partial charge in [0.25, 0.3) is 0 Å². The van der Waals surface area contributed by atoms with Gasteiger partial charge in [0, 0.05) is 19.1 Å². The van der Waals surface area contributed by atoms with Gasteiger partial charge < -0.3 is 15.3 Å². The van der Waals surface area contributed by atoms with E-state index in [0.29, 0.717) is 19.1 Å². The van der Waals surface area contributed by atoms with Gasteiger partial charge in [0.15, 0.2) is 0 Å². The number of hydrogen-bond donors (Lipinski definition) is 2. The predicted molar refractivity (Wildman–Crippen MR) is 73.1 cm³/mol. The SMILES string of the molecule is C[C@@H]1[C@H](C)CCC[C@@H]1NC[C@@](C)(O)CN(C)C. The van der Waals surface area contributed by atoms with Crippen LogP contribution >= 0.6 is 0 Å². The van der Waals surface area contributed by atoms with E-state index >= 15 is 0 Å². The standard InChI is InChI=1S/C14H30N2O/c1-11-7-6-8-13(12(11)2)15-9-14(3,17)10-16(4)5/h11-13,15,17H,6-10H2,1-5H3/t11-,12-,13+,14-/m1/s1. The van der Waals surface area contributed by atoms with Crippen molar-refractivity contribution >= 4 is 0 Å². The molecule has 0 unspecified atom stereocenters. The summed E-state index contributed by atoms with van der Waals surface area (Å²) in [6.45, 7) is 7.99. The van der Waals surface area contributed by atoms with Gasteiger partial charge in [-0.1, -0.05) is 26.7 Å². The van der Waals surface area contributed by atoms with Crippen LogP contribution in [0.25, 0.3) is 0 Å². The number of hydrogen-bond acceptors (Lipinski definition) is 3. The molecule has 1 fully saturated rings. The second kappa shape index (κ2) is 6.17. The van der Waals surface area contributed by atoms with Crippen LogP contribution in [0, 0.1) is 11.8 Å². The van der Waals surface area contributed by atoms with Crippen LogP contribution < -0.4 is 5.32 Å². The van der Waals surface area contributed by atoms with E-state index in [-0.39, 0.29) is 0 Å². The summed E-state index contributed by atoms with van der Waals surface area (Å²) in [4.78, 5) is 2.04. The third-order valence-electron chi connectivity index (χ3n) is 4.11. The quantitative estimate of drug-likeness (QED) is 0.770. The Labute approximate surface area is 107 Å². The lowest BCUT2D eigenvalue weighted by Gasteiger charge is -2.37. The zero-order valence-corrected chi connectivity index (χ0v) is 12.2. The van der Waals surface area contributed by atoms with E-state index in [1.807, 2.05) is 25.9 Å². The largest absolute Gasteiger partial charge is 0.388 e. The molecule has 17 heavy (non-hydrogen) atoms. The molecule has 3 nitrogen and oxygen atoms in total. The summed E-state index contributed by atoms with van der Waals surface area (Å²) in [5, 5.41) is 13.8. The Hall–Kier alpha value is -0.120. The first kappa shape index (κ1) is 14.9. The van der Waals surface area contributed by atoms with Crippen molar-refractivity contribution in [3.8, 4) is 0 Å². The molecule has 2 N–H and O–H groups in total. The molecule has 0 aliphatic heterocycles. The fraction of sp³-hybridized carbons (Fsp3) is 1.00. The molecule has 0 heterocycles. The van der Waals surface area contributed by atoms with E-state index < -0.39 is 5.60 Å². The summed E-state index contributed by atoms with van der Waals surface area (Å²) in [7, 11) is 4.00. The minimum atomic E-state index is -0.635.